The smallest absolute Gasteiger partial charge is 0.186 e. The molecule has 2 N–H and O–H groups in total. The molecule has 0 amide bonds. The van der Waals surface area contributed by atoms with Crippen LogP contribution in [0.2, 0.25) is 5.02 Å². The van der Waals surface area contributed by atoms with Crippen LogP contribution in [0.4, 0.5) is 0 Å². The Bertz CT molecular complexity index is 753. The van der Waals surface area contributed by atoms with E-state index < -0.39 is 0 Å². The van der Waals surface area contributed by atoms with Crippen LogP contribution in [0.3, 0.4) is 0 Å². The van der Waals surface area contributed by atoms with Crippen molar-refractivity contribution in [2.75, 3.05) is 13.7 Å². The van der Waals surface area contributed by atoms with Crippen molar-refractivity contribution < 1.29 is 9.47 Å². The lowest BCUT2D eigenvalue weighted by molar-refractivity contribution is 0.284. The fraction of sp³-hybridized carbons (Fsp3) is 0.222. The van der Waals surface area contributed by atoms with Crippen molar-refractivity contribution in [2.45, 2.75) is 13.5 Å². The first kappa shape index (κ1) is 19.0. The Kier molecular flexibility index (Phi) is 7.50. The second-order valence-corrected chi connectivity index (χ2v) is 5.90. The van der Waals surface area contributed by atoms with Gasteiger partial charge in [-0.3, -0.25) is 5.43 Å². The average Bonchev–Trinajstić information content (AvgIpc) is 2.60. The topological polar surface area (TPSA) is 54.9 Å². The number of hydrogen-bond acceptors (Lipinski definition) is 4. The molecule has 0 saturated heterocycles. The van der Waals surface area contributed by atoms with Gasteiger partial charge in [-0.1, -0.05) is 23.7 Å². The molecule has 7 heteroatoms. The van der Waals surface area contributed by atoms with Gasteiger partial charge in [0, 0.05) is 11.6 Å². The van der Waals surface area contributed by atoms with Gasteiger partial charge in [0.15, 0.2) is 16.6 Å². The van der Waals surface area contributed by atoms with Crippen LogP contribution in [-0.2, 0) is 6.61 Å². The monoisotopic (exact) mass is 377 g/mol. The molecule has 25 heavy (non-hydrogen) atoms. The first-order valence-electron chi connectivity index (χ1n) is 7.74. The maximum atomic E-state index is 5.98. The van der Waals surface area contributed by atoms with Crippen molar-refractivity contribution in [1.29, 1.82) is 0 Å². The minimum absolute atomic E-state index is 0.406. The van der Waals surface area contributed by atoms with Crippen molar-refractivity contribution in [3.8, 4) is 11.5 Å². The number of methoxy groups -OCH3 is 1. The van der Waals surface area contributed by atoms with Gasteiger partial charge in [-0.25, -0.2) is 0 Å². The van der Waals surface area contributed by atoms with Gasteiger partial charge in [0.05, 0.1) is 13.3 Å². The quantitative estimate of drug-likeness (QED) is 0.437. The molecule has 0 saturated carbocycles. The highest BCUT2D eigenvalue weighted by Crippen LogP contribution is 2.28. The number of halogens is 1. The van der Waals surface area contributed by atoms with Crippen molar-refractivity contribution in [1.82, 2.24) is 10.7 Å². The van der Waals surface area contributed by atoms with Crippen LogP contribution in [0.15, 0.2) is 47.6 Å². The lowest BCUT2D eigenvalue weighted by Crippen LogP contribution is -2.31. The zero-order valence-corrected chi connectivity index (χ0v) is 15.7. The molecule has 0 aliphatic carbocycles. The van der Waals surface area contributed by atoms with Crippen LogP contribution < -0.4 is 20.2 Å². The van der Waals surface area contributed by atoms with Crippen LogP contribution in [0.25, 0.3) is 0 Å². The predicted molar refractivity (Wildman–Crippen MR) is 106 cm³/mol. The van der Waals surface area contributed by atoms with E-state index in [4.69, 9.17) is 33.3 Å². The van der Waals surface area contributed by atoms with Crippen LogP contribution >= 0.6 is 23.8 Å². The number of nitrogens with zero attached hydrogens (tertiary/aromatic N) is 1. The van der Waals surface area contributed by atoms with Crippen molar-refractivity contribution >= 4 is 35.1 Å². The van der Waals surface area contributed by atoms with Gasteiger partial charge in [0.1, 0.15) is 6.61 Å². The van der Waals surface area contributed by atoms with E-state index in [2.05, 4.69) is 15.8 Å². The molecule has 2 aromatic carbocycles. The zero-order valence-electron chi connectivity index (χ0n) is 14.1. The molecule has 0 bridgehead atoms. The van der Waals surface area contributed by atoms with E-state index in [0.29, 0.717) is 28.2 Å². The number of benzene rings is 2. The van der Waals surface area contributed by atoms with Crippen LogP contribution in [0, 0.1) is 0 Å². The fourth-order valence-electron chi connectivity index (χ4n) is 2.04. The van der Waals surface area contributed by atoms with E-state index in [1.807, 2.05) is 49.4 Å². The molecule has 0 spiro atoms. The summed E-state index contributed by atoms with van der Waals surface area (Å²) in [6, 6.07) is 13.1. The largest absolute Gasteiger partial charge is 0.493 e. The molecule has 0 aromatic heterocycles. The first-order valence-corrected chi connectivity index (χ1v) is 8.53. The molecule has 0 heterocycles. The molecule has 0 fully saturated rings. The van der Waals surface area contributed by atoms with Crippen LogP contribution in [0.5, 0.6) is 11.5 Å². The Morgan fingerprint density at radius 3 is 2.80 bits per heavy atom. The number of hydrogen-bond donors (Lipinski definition) is 2. The minimum Gasteiger partial charge on any atom is -0.493 e. The summed E-state index contributed by atoms with van der Waals surface area (Å²) in [5.74, 6) is 1.27. The van der Waals surface area contributed by atoms with Gasteiger partial charge in [-0.2, -0.15) is 5.10 Å². The summed E-state index contributed by atoms with van der Waals surface area (Å²) in [5, 5.41) is 8.19. The summed E-state index contributed by atoms with van der Waals surface area (Å²) in [7, 11) is 1.60. The second kappa shape index (κ2) is 9.86. The Balaban J connectivity index is 2.01. The standard InChI is InChI=1S/C18H20ClN3O2S/c1-3-20-18(25)22-21-11-13-7-8-16(17(10-13)23-2)24-12-14-5-4-6-15(19)9-14/h4-11H,3,12H2,1-2H3,(H2,20,22,25)/b21-11+. The van der Waals surface area contributed by atoms with E-state index >= 15 is 0 Å². The Hall–Kier alpha value is -2.31. The molecule has 0 aliphatic heterocycles. The van der Waals surface area contributed by atoms with Crippen molar-refractivity contribution in [3.63, 3.8) is 0 Å². The molecule has 0 aliphatic rings. The first-order chi connectivity index (χ1) is 12.1. The minimum atomic E-state index is 0.406. The SMILES string of the molecule is CCNC(=S)N/N=C/c1ccc(OCc2cccc(Cl)c2)c(OC)c1. The number of rotatable bonds is 7. The second-order valence-electron chi connectivity index (χ2n) is 5.06. The molecule has 2 rings (SSSR count). The maximum absolute atomic E-state index is 5.98. The van der Waals surface area contributed by atoms with Crippen molar-refractivity contribution in [3.05, 3.63) is 58.6 Å². The van der Waals surface area contributed by atoms with Crippen LogP contribution in [0.1, 0.15) is 18.1 Å². The highest BCUT2D eigenvalue weighted by atomic mass is 35.5. The number of thiocarbonyl (C=S) groups is 1. The molecule has 0 unspecified atom stereocenters. The van der Waals surface area contributed by atoms with Gasteiger partial charge >= 0.3 is 0 Å². The van der Waals surface area contributed by atoms with Gasteiger partial charge in [-0.15, -0.1) is 0 Å². The molecule has 132 valence electrons. The average molecular weight is 378 g/mol. The molecule has 5 nitrogen and oxygen atoms in total. The molecule has 2 aromatic rings. The van der Waals surface area contributed by atoms with Crippen LogP contribution in [-0.4, -0.2) is 25.0 Å². The predicted octanol–water partition coefficient (Wildman–Crippen LogP) is 3.75. The van der Waals surface area contributed by atoms with Gasteiger partial charge in [0.25, 0.3) is 0 Å². The highest BCUT2D eigenvalue weighted by Gasteiger charge is 2.06. The summed E-state index contributed by atoms with van der Waals surface area (Å²) < 4.78 is 11.2. The highest BCUT2D eigenvalue weighted by molar-refractivity contribution is 7.80. The van der Waals surface area contributed by atoms with Gasteiger partial charge in [0.2, 0.25) is 0 Å². The third-order valence-electron chi connectivity index (χ3n) is 3.19. The van der Waals surface area contributed by atoms with E-state index in [1.165, 1.54) is 0 Å². The maximum Gasteiger partial charge on any atom is 0.186 e. The lowest BCUT2D eigenvalue weighted by atomic mass is 10.2. The summed E-state index contributed by atoms with van der Waals surface area (Å²) in [6.45, 7) is 3.11. The summed E-state index contributed by atoms with van der Waals surface area (Å²) in [6.07, 6.45) is 1.66. The summed E-state index contributed by atoms with van der Waals surface area (Å²) in [4.78, 5) is 0. The third-order valence-corrected chi connectivity index (χ3v) is 3.66. The Morgan fingerprint density at radius 2 is 2.08 bits per heavy atom. The third kappa shape index (κ3) is 6.25. The van der Waals surface area contributed by atoms with E-state index in [-0.39, 0.29) is 0 Å². The van der Waals surface area contributed by atoms with E-state index in [1.54, 1.807) is 13.3 Å². The Labute approximate surface area is 158 Å². The molecular weight excluding hydrogens is 358 g/mol. The zero-order chi connectivity index (χ0) is 18.1. The summed E-state index contributed by atoms with van der Waals surface area (Å²) >= 11 is 11.0. The molecule has 0 radical (unpaired) electrons. The van der Waals surface area contributed by atoms with E-state index in [9.17, 15) is 0 Å². The molecular formula is C18H20ClN3O2S. The van der Waals surface area contributed by atoms with Gasteiger partial charge in [-0.05, 0) is 60.6 Å². The Morgan fingerprint density at radius 1 is 1.24 bits per heavy atom. The number of ether oxygens (including phenoxy) is 2. The fourth-order valence-corrected chi connectivity index (χ4v) is 2.45. The number of nitrogens with one attached hydrogen (secondary N) is 2. The lowest BCUT2D eigenvalue weighted by Gasteiger charge is -2.11. The van der Waals surface area contributed by atoms with E-state index in [0.717, 1.165) is 17.7 Å². The summed E-state index contributed by atoms with van der Waals surface area (Å²) in [5.41, 5.74) is 4.59. The van der Waals surface area contributed by atoms with Gasteiger partial charge < -0.3 is 14.8 Å². The number of hydrazone groups is 1. The molecule has 0 atom stereocenters. The normalized spacial score (nSPS) is 10.5. The van der Waals surface area contributed by atoms with Crippen molar-refractivity contribution in [2.24, 2.45) is 5.10 Å².